The highest BCUT2D eigenvalue weighted by molar-refractivity contribution is 6.33. The third-order valence-corrected chi connectivity index (χ3v) is 5.92. The molecule has 0 aliphatic carbocycles. The fraction of sp³-hybridized carbons (Fsp3) is 0.500. The number of ether oxygens (including phenoxy) is 2. The van der Waals surface area contributed by atoms with Crippen molar-refractivity contribution in [1.29, 1.82) is 0 Å². The normalized spacial score (nSPS) is 17.8. The van der Waals surface area contributed by atoms with Crippen LogP contribution in [0.3, 0.4) is 0 Å². The molecule has 5 nitrogen and oxygen atoms in total. The number of alkyl halides is 2. The smallest absolute Gasteiger partial charge is 0.339 e. The van der Waals surface area contributed by atoms with Gasteiger partial charge in [0.1, 0.15) is 0 Å². The Morgan fingerprint density at radius 2 is 1.94 bits per heavy atom. The summed E-state index contributed by atoms with van der Waals surface area (Å²) >= 11 is 6.36. The molecular weight excluding hydrogens is 462 g/mol. The topological polar surface area (TPSA) is 42.0 Å². The number of methoxy groups -OCH3 is 2. The molecule has 1 aromatic rings. The summed E-state index contributed by atoms with van der Waals surface area (Å²) < 4.78 is 36.4. The summed E-state index contributed by atoms with van der Waals surface area (Å²) in [5.41, 5.74) is 2.88. The fourth-order valence-electron chi connectivity index (χ4n) is 3.82. The Morgan fingerprint density at radius 1 is 1.26 bits per heavy atom. The second-order valence-corrected chi connectivity index (χ2v) is 8.04. The molecule has 1 aromatic carbocycles. The van der Waals surface area contributed by atoms with E-state index in [0.717, 1.165) is 22.5 Å². The van der Waals surface area contributed by atoms with Gasteiger partial charge in [-0.1, -0.05) is 50.2 Å². The summed E-state index contributed by atoms with van der Waals surface area (Å²) in [5, 5.41) is 0.266. The van der Waals surface area contributed by atoms with E-state index < -0.39 is 12.4 Å². The monoisotopic (exact) mass is 498 g/mol. The zero-order valence-electron chi connectivity index (χ0n) is 21.0. The maximum absolute atomic E-state index is 13.1. The van der Waals surface area contributed by atoms with Gasteiger partial charge in [-0.2, -0.15) is 0 Å². The van der Waals surface area contributed by atoms with Crippen molar-refractivity contribution in [2.75, 3.05) is 46.9 Å². The molecule has 0 amide bonds. The zero-order valence-corrected chi connectivity index (χ0v) is 21.8. The van der Waals surface area contributed by atoms with Gasteiger partial charge in [0, 0.05) is 37.8 Å². The fourth-order valence-corrected chi connectivity index (χ4v) is 4.09. The number of esters is 1. The van der Waals surface area contributed by atoms with E-state index in [4.69, 9.17) is 21.1 Å². The first kappa shape index (κ1) is 29.8. The molecule has 34 heavy (non-hydrogen) atoms. The Bertz CT molecular complexity index is 887. The third kappa shape index (κ3) is 8.22. The van der Waals surface area contributed by atoms with E-state index in [1.807, 2.05) is 39.8 Å². The number of hydrogen-bond donors (Lipinski definition) is 0. The van der Waals surface area contributed by atoms with Crippen molar-refractivity contribution in [3.05, 3.63) is 70.0 Å². The van der Waals surface area contributed by atoms with E-state index in [1.165, 1.54) is 7.11 Å². The highest BCUT2D eigenvalue weighted by Gasteiger charge is 2.31. The zero-order chi connectivity index (χ0) is 25.8. The molecule has 0 aromatic heterocycles. The predicted octanol–water partition coefficient (Wildman–Crippen LogP) is 6.13. The van der Waals surface area contributed by atoms with Gasteiger partial charge in [-0.15, -0.1) is 0 Å². The minimum absolute atomic E-state index is 0.204. The van der Waals surface area contributed by atoms with Crippen LogP contribution in [0.5, 0.6) is 0 Å². The maximum Gasteiger partial charge on any atom is 0.339 e. The van der Waals surface area contributed by atoms with E-state index >= 15 is 0 Å². The largest absolute Gasteiger partial charge is 0.501 e. The van der Waals surface area contributed by atoms with Crippen LogP contribution in [0.2, 0.25) is 5.02 Å². The molecule has 1 fully saturated rings. The number of piperazine rings is 1. The van der Waals surface area contributed by atoms with Gasteiger partial charge in [0.25, 0.3) is 6.43 Å². The van der Waals surface area contributed by atoms with Crippen molar-refractivity contribution in [2.45, 2.75) is 40.2 Å². The van der Waals surface area contributed by atoms with Gasteiger partial charge in [0.15, 0.2) is 0 Å². The molecule has 1 aliphatic rings. The molecule has 1 aliphatic heterocycles. The summed E-state index contributed by atoms with van der Waals surface area (Å²) in [6.07, 6.45) is 1.42. The summed E-state index contributed by atoms with van der Waals surface area (Å²) in [6, 6.07) is 4.92. The second-order valence-electron chi connectivity index (χ2n) is 7.63. The molecule has 1 heterocycles. The molecule has 0 saturated carbocycles. The molecule has 1 saturated heterocycles. The average molecular weight is 499 g/mol. The van der Waals surface area contributed by atoms with Crippen molar-refractivity contribution in [3.8, 4) is 0 Å². The van der Waals surface area contributed by atoms with Gasteiger partial charge >= 0.3 is 5.97 Å². The first-order chi connectivity index (χ1) is 16.2. The van der Waals surface area contributed by atoms with Gasteiger partial charge in [-0.25, -0.2) is 13.6 Å². The standard InChI is InChI=1S/C24H31ClF2N2O3.C2H6/c1-6-7-16(2)20(17(3)31-4)13-29-11-10-28(15-23(26)27)14-22(29)18-8-9-19(21(25)12-18)24(30)32-5;1-2/h6-9,12,22-23H,2,10-11,13-15H2,1,3-5H3;1-2H3/b7-6-,20-17+;. The van der Waals surface area contributed by atoms with E-state index in [2.05, 4.69) is 11.5 Å². The van der Waals surface area contributed by atoms with Gasteiger partial charge in [-0.05, 0) is 37.1 Å². The van der Waals surface area contributed by atoms with Gasteiger partial charge in [-0.3, -0.25) is 9.80 Å². The molecule has 2 rings (SSSR count). The van der Waals surface area contributed by atoms with E-state index in [0.29, 0.717) is 26.2 Å². The van der Waals surface area contributed by atoms with Crippen molar-refractivity contribution in [1.82, 2.24) is 9.80 Å². The molecule has 8 heteroatoms. The third-order valence-electron chi connectivity index (χ3n) is 5.60. The molecule has 0 N–H and O–H groups in total. The van der Waals surface area contributed by atoms with Gasteiger partial charge in [0.2, 0.25) is 0 Å². The van der Waals surface area contributed by atoms with E-state index in [9.17, 15) is 13.6 Å². The van der Waals surface area contributed by atoms with Crippen molar-refractivity contribution in [2.24, 2.45) is 0 Å². The second kappa shape index (κ2) is 14.9. The molecule has 0 spiro atoms. The van der Waals surface area contributed by atoms with Crippen LogP contribution in [0.25, 0.3) is 0 Å². The number of halogens is 3. The maximum atomic E-state index is 13.1. The van der Waals surface area contributed by atoms with Crippen LogP contribution in [0, 0.1) is 0 Å². The lowest BCUT2D eigenvalue weighted by Crippen LogP contribution is -2.50. The quantitative estimate of drug-likeness (QED) is 0.233. The molecular formula is C26H37ClF2N2O3. The lowest BCUT2D eigenvalue weighted by atomic mass is 9.98. The van der Waals surface area contributed by atoms with Crippen LogP contribution in [-0.4, -0.2) is 69.1 Å². The number of carbonyl (C=O) groups is 1. The van der Waals surface area contributed by atoms with Crippen LogP contribution in [0.15, 0.2) is 53.8 Å². The SMILES string of the molecule is C=C(/C=C\C)/C(CN1CCN(CC(F)F)CC1c1ccc(C(=O)OC)c(Cl)c1)=C(\C)OC.CC. The average Bonchev–Trinajstić information content (AvgIpc) is 2.83. The number of hydrogen-bond acceptors (Lipinski definition) is 5. The highest BCUT2D eigenvalue weighted by Crippen LogP contribution is 2.31. The van der Waals surface area contributed by atoms with Crippen LogP contribution >= 0.6 is 11.6 Å². The molecule has 0 bridgehead atoms. The summed E-state index contributed by atoms with van der Waals surface area (Å²) in [5.74, 6) is 0.228. The minimum atomic E-state index is -2.41. The van der Waals surface area contributed by atoms with E-state index in [1.54, 1.807) is 30.2 Å². The number of carbonyl (C=O) groups excluding carboxylic acids is 1. The van der Waals surface area contributed by atoms with Crippen molar-refractivity contribution >= 4 is 17.6 Å². The van der Waals surface area contributed by atoms with Gasteiger partial charge in [0.05, 0.1) is 37.1 Å². The van der Waals surface area contributed by atoms with Crippen LogP contribution in [0.1, 0.15) is 49.7 Å². The lowest BCUT2D eigenvalue weighted by molar-refractivity contribution is 0.0314. The van der Waals surface area contributed by atoms with Crippen LogP contribution in [0.4, 0.5) is 8.78 Å². The Hall–Kier alpha value is -2.22. The van der Waals surface area contributed by atoms with E-state index in [-0.39, 0.29) is 23.2 Å². The Labute approximate surface area is 207 Å². The molecule has 1 unspecified atom stereocenters. The first-order valence-electron chi connectivity index (χ1n) is 11.4. The Kier molecular flexibility index (Phi) is 13.1. The van der Waals surface area contributed by atoms with Crippen molar-refractivity contribution < 1.29 is 23.0 Å². The summed E-state index contributed by atoms with van der Waals surface area (Å²) in [6.45, 7) is 13.7. The minimum Gasteiger partial charge on any atom is -0.501 e. The predicted molar refractivity (Wildman–Crippen MR) is 135 cm³/mol. The molecule has 0 radical (unpaired) electrons. The molecule has 190 valence electrons. The number of benzene rings is 1. The summed E-state index contributed by atoms with van der Waals surface area (Å²) in [7, 11) is 2.91. The summed E-state index contributed by atoms with van der Waals surface area (Å²) in [4.78, 5) is 15.9. The van der Waals surface area contributed by atoms with Crippen LogP contribution < -0.4 is 0 Å². The lowest BCUT2D eigenvalue weighted by Gasteiger charge is -2.42. The Morgan fingerprint density at radius 3 is 2.47 bits per heavy atom. The molecule has 1 atom stereocenters. The Balaban J connectivity index is 0.00000281. The first-order valence-corrected chi connectivity index (χ1v) is 11.8. The van der Waals surface area contributed by atoms with Crippen LogP contribution in [-0.2, 0) is 9.47 Å². The number of rotatable bonds is 9. The number of nitrogens with zero attached hydrogens (tertiary/aromatic N) is 2. The van der Waals surface area contributed by atoms with Crippen molar-refractivity contribution in [3.63, 3.8) is 0 Å². The number of allylic oxidation sites excluding steroid dienone is 3. The highest BCUT2D eigenvalue weighted by atomic mass is 35.5. The van der Waals surface area contributed by atoms with Gasteiger partial charge < -0.3 is 9.47 Å².